The van der Waals surface area contributed by atoms with Crippen molar-refractivity contribution in [3.63, 3.8) is 0 Å². The normalized spacial score (nSPS) is 23.6. The maximum absolute atomic E-state index is 12.8. The second-order valence-corrected chi connectivity index (χ2v) is 5.33. The van der Waals surface area contributed by atoms with Gasteiger partial charge < -0.3 is 10.1 Å². The van der Waals surface area contributed by atoms with Crippen LogP contribution in [0.2, 0.25) is 0 Å². The van der Waals surface area contributed by atoms with Gasteiger partial charge in [0.2, 0.25) is 5.91 Å². The van der Waals surface area contributed by atoms with Gasteiger partial charge in [0, 0.05) is 19.1 Å². The van der Waals surface area contributed by atoms with Crippen LogP contribution >= 0.6 is 0 Å². The Bertz CT molecular complexity index is 450. The van der Waals surface area contributed by atoms with Crippen molar-refractivity contribution >= 4 is 5.91 Å². The standard InChI is InChI=1S/C15H21FN2O2/c1-11-10-20-12(2)8-18(11)9-15(19)17-7-13-3-5-14(16)6-4-13/h3-6,11-12H,7-10H2,1-2H3,(H,17,19). The lowest BCUT2D eigenvalue weighted by Gasteiger charge is -2.36. The number of carbonyl (C=O) groups excluding carboxylic acids is 1. The molecule has 1 fully saturated rings. The van der Waals surface area contributed by atoms with Crippen LogP contribution in [0.15, 0.2) is 24.3 Å². The second kappa shape index (κ2) is 6.81. The van der Waals surface area contributed by atoms with Crippen molar-refractivity contribution in [2.24, 2.45) is 0 Å². The molecule has 4 nitrogen and oxygen atoms in total. The van der Waals surface area contributed by atoms with E-state index in [-0.39, 0.29) is 23.9 Å². The number of benzene rings is 1. The van der Waals surface area contributed by atoms with E-state index in [4.69, 9.17) is 4.74 Å². The average Bonchev–Trinajstić information content (AvgIpc) is 2.42. The summed E-state index contributed by atoms with van der Waals surface area (Å²) in [5, 5.41) is 2.86. The van der Waals surface area contributed by atoms with Crippen LogP contribution in [-0.4, -0.2) is 42.6 Å². The summed E-state index contributed by atoms with van der Waals surface area (Å²) in [5.41, 5.74) is 0.892. The summed E-state index contributed by atoms with van der Waals surface area (Å²) < 4.78 is 18.3. The van der Waals surface area contributed by atoms with Gasteiger partial charge >= 0.3 is 0 Å². The highest BCUT2D eigenvalue weighted by Gasteiger charge is 2.24. The lowest BCUT2D eigenvalue weighted by Crippen LogP contribution is -2.50. The molecule has 1 aromatic carbocycles. The first kappa shape index (κ1) is 14.9. The van der Waals surface area contributed by atoms with Gasteiger partial charge in [0.15, 0.2) is 0 Å². The molecule has 1 aliphatic rings. The molecule has 1 aromatic rings. The first-order chi connectivity index (χ1) is 9.54. The average molecular weight is 280 g/mol. The molecule has 0 bridgehead atoms. The topological polar surface area (TPSA) is 41.6 Å². The highest BCUT2D eigenvalue weighted by atomic mass is 19.1. The summed E-state index contributed by atoms with van der Waals surface area (Å²) in [7, 11) is 0. The fourth-order valence-corrected chi connectivity index (χ4v) is 2.24. The maximum Gasteiger partial charge on any atom is 0.234 e. The number of hydrogen-bond donors (Lipinski definition) is 1. The molecule has 110 valence electrons. The zero-order valence-corrected chi connectivity index (χ0v) is 11.9. The molecule has 1 saturated heterocycles. The SMILES string of the molecule is CC1CN(CC(=O)NCc2ccc(F)cc2)C(C)CO1. The molecule has 1 aliphatic heterocycles. The van der Waals surface area contributed by atoms with Crippen LogP contribution in [0.3, 0.4) is 0 Å². The molecule has 0 spiro atoms. The minimum absolute atomic E-state index is 0.0183. The predicted octanol–water partition coefficient (Wildman–Crippen LogP) is 1.55. The van der Waals surface area contributed by atoms with Gasteiger partial charge in [-0.15, -0.1) is 0 Å². The highest BCUT2D eigenvalue weighted by molar-refractivity contribution is 5.78. The fraction of sp³-hybridized carbons (Fsp3) is 0.533. The van der Waals surface area contributed by atoms with Crippen molar-refractivity contribution in [2.75, 3.05) is 19.7 Å². The number of rotatable bonds is 4. The molecule has 2 unspecified atom stereocenters. The molecule has 0 radical (unpaired) electrons. The molecule has 0 saturated carbocycles. The van der Waals surface area contributed by atoms with Gasteiger partial charge in [-0.2, -0.15) is 0 Å². The van der Waals surface area contributed by atoms with E-state index in [0.717, 1.165) is 12.1 Å². The molecule has 1 heterocycles. The first-order valence-corrected chi connectivity index (χ1v) is 6.91. The van der Waals surface area contributed by atoms with E-state index in [0.29, 0.717) is 19.7 Å². The van der Waals surface area contributed by atoms with E-state index in [1.165, 1.54) is 12.1 Å². The van der Waals surface area contributed by atoms with E-state index in [2.05, 4.69) is 17.1 Å². The molecule has 0 aliphatic carbocycles. The van der Waals surface area contributed by atoms with Crippen LogP contribution in [0.5, 0.6) is 0 Å². The Kier molecular flexibility index (Phi) is 5.09. The third kappa shape index (κ3) is 4.28. The summed E-state index contributed by atoms with van der Waals surface area (Å²) in [6, 6.07) is 6.40. The van der Waals surface area contributed by atoms with Gasteiger partial charge in [0.05, 0.1) is 19.3 Å². The van der Waals surface area contributed by atoms with E-state index >= 15 is 0 Å². The largest absolute Gasteiger partial charge is 0.376 e. The molecule has 20 heavy (non-hydrogen) atoms. The quantitative estimate of drug-likeness (QED) is 0.910. The molecule has 2 atom stereocenters. The van der Waals surface area contributed by atoms with Gasteiger partial charge in [-0.05, 0) is 31.5 Å². The number of amides is 1. The lowest BCUT2D eigenvalue weighted by atomic mass is 10.2. The zero-order chi connectivity index (χ0) is 14.5. The molecule has 2 rings (SSSR count). The van der Waals surface area contributed by atoms with Crippen LogP contribution in [0, 0.1) is 5.82 Å². The lowest BCUT2D eigenvalue weighted by molar-refractivity contribution is -0.126. The minimum Gasteiger partial charge on any atom is -0.376 e. The first-order valence-electron chi connectivity index (χ1n) is 6.91. The predicted molar refractivity (Wildman–Crippen MR) is 74.7 cm³/mol. The Morgan fingerprint density at radius 2 is 2.10 bits per heavy atom. The van der Waals surface area contributed by atoms with Crippen molar-refractivity contribution in [3.05, 3.63) is 35.6 Å². The van der Waals surface area contributed by atoms with Crippen molar-refractivity contribution in [1.29, 1.82) is 0 Å². The van der Waals surface area contributed by atoms with E-state index in [1.807, 2.05) is 6.92 Å². The second-order valence-electron chi connectivity index (χ2n) is 5.33. The third-order valence-corrected chi connectivity index (χ3v) is 3.49. The summed E-state index contributed by atoms with van der Waals surface area (Å²) in [6.45, 7) is 6.29. The summed E-state index contributed by atoms with van der Waals surface area (Å²) >= 11 is 0. The number of halogens is 1. The van der Waals surface area contributed by atoms with Gasteiger partial charge in [-0.3, -0.25) is 9.69 Å². The number of nitrogens with one attached hydrogen (secondary N) is 1. The summed E-state index contributed by atoms with van der Waals surface area (Å²) in [6.07, 6.45) is 0.163. The maximum atomic E-state index is 12.8. The number of hydrogen-bond acceptors (Lipinski definition) is 3. The van der Waals surface area contributed by atoms with Crippen LogP contribution < -0.4 is 5.32 Å². The van der Waals surface area contributed by atoms with Crippen molar-refractivity contribution < 1.29 is 13.9 Å². The molecule has 5 heteroatoms. The van der Waals surface area contributed by atoms with Crippen LogP contribution in [0.25, 0.3) is 0 Å². The van der Waals surface area contributed by atoms with Crippen LogP contribution in [0.4, 0.5) is 4.39 Å². The molecular weight excluding hydrogens is 259 g/mol. The Balaban J connectivity index is 1.78. The van der Waals surface area contributed by atoms with Gasteiger partial charge in [-0.25, -0.2) is 4.39 Å². The molecule has 1 amide bonds. The third-order valence-electron chi connectivity index (χ3n) is 3.49. The van der Waals surface area contributed by atoms with E-state index in [9.17, 15) is 9.18 Å². The Morgan fingerprint density at radius 3 is 2.80 bits per heavy atom. The zero-order valence-electron chi connectivity index (χ0n) is 11.9. The van der Waals surface area contributed by atoms with Crippen molar-refractivity contribution in [2.45, 2.75) is 32.5 Å². The van der Waals surface area contributed by atoms with E-state index in [1.54, 1.807) is 12.1 Å². The summed E-state index contributed by atoms with van der Waals surface area (Å²) in [5.74, 6) is -0.286. The van der Waals surface area contributed by atoms with Gasteiger partial charge in [0.1, 0.15) is 5.82 Å². The Labute approximate surface area is 118 Å². The Hall–Kier alpha value is -1.46. The van der Waals surface area contributed by atoms with Crippen molar-refractivity contribution in [1.82, 2.24) is 10.2 Å². The fourth-order valence-electron chi connectivity index (χ4n) is 2.24. The number of nitrogens with zero attached hydrogens (tertiary/aromatic N) is 1. The Morgan fingerprint density at radius 1 is 1.40 bits per heavy atom. The molecular formula is C15H21FN2O2. The highest BCUT2D eigenvalue weighted by Crippen LogP contribution is 2.10. The van der Waals surface area contributed by atoms with Gasteiger partial charge in [-0.1, -0.05) is 12.1 Å². The van der Waals surface area contributed by atoms with Gasteiger partial charge in [0.25, 0.3) is 0 Å². The molecule has 1 N–H and O–H groups in total. The van der Waals surface area contributed by atoms with Crippen LogP contribution in [-0.2, 0) is 16.1 Å². The molecule has 0 aromatic heterocycles. The minimum atomic E-state index is -0.267. The van der Waals surface area contributed by atoms with E-state index < -0.39 is 0 Å². The number of ether oxygens (including phenoxy) is 1. The number of morpholine rings is 1. The number of carbonyl (C=O) groups is 1. The van der Waals surface area contributed by atoms with Crippen LogP contribution in [0.1, 0.15) is 19.4 Å². The van der Waals surface area contributed by atoms with Crippen molar-refractivity contribution in [3.8, 4) is 0 Å². The monoisotopic (exact) mass is 280 g/mol. The smallest absolute Gasteiger partial charge is 0.234 e. The summed E-state index contributed by atoms with van der Waals surface area (Å²) in [4.78, 5) is 14.1.